The first kappa shape index (κ1) is 10.3. The normalized spacial score (nSPS) is 14.9. The van der Waals surface area contributed by atoms with Gasteiger partial charge in [0.15, 0.2) is 0 Å². The number of anilines is 2. The Hall–Kier alpha value is -1.84. The molecule has 17 heavy (non-hydrogen) atoms. The van der Waals surface area contributed by atoms with E-state index >= 15 is 0 Å². The summed E-state index contributed by atoms with van der Waals surface area (Å²) >= 11 is 0. The summed E-state index contributed by atoms with van der Waals surface area (Å²) in [7, 11) is 0. The van der Waals surface area contributed by atoms with E-state index in [0.717, 1.165) is 23.0 Å². The lowest BCUT2D eigenvalue weighted by Crippen LogP contribution is -2.01. The van der Waals surface area contributed by atoms with E-state index in [2.05, 4.69) is 26.0 Å². The van der Waals surface area contributed by atoms with Crippen molar-refractivity contribution in [3.8, 4) is 0 Å². The van der Waals surface area contributed by atoms with Crippen molar-refractivity contribution < 1.29 is 0 Å². The number of nitrogens with zero attached hydrogens (tertiary/aromatic N) is 3. The lowest BCUT2D eigenvalue weighted by molar-refractivity contribution is 0.750. The van der Waals surface area contributed by atoms with Crippen molar-refractivity contribution in [3.05, 3.63) is 35.9 Å². The third-order valence-corrected chi connectivity index (χ3v) is 2.96. The molecule has 2 aromatic heterocycles. The van der Waals surface area contributed by atoms with Crippen molar-refractivity contribution in [1.29, 1.82) is 0 Å². The molecule has 0 aromatic carbocycles. The summed E-state index contributed by atoms with van der Waals surface area (Å²) in [5, 5.41) is 3.33. The standard InChI is InChI=1S/C13H16N4/c1-9-3-4-11(7-14-9)16-13-15-10(2)8-17(13)12-5-6-12/h3-4,7-8,12H,5-6H2,1-2H3,(H,15,16). The van der Waals surface area contributed by atoms with Gasteiger partial charge >= 0.3 is 0 Å². The molecule has 1 fully saturated rings. The number of rotatable bonds is 3. The van der Waals surface area contributed by atoms with Crippen LogP contribution in [0.2, 0.25) is 0 Å². The van der Waals surface area contributed by atoms with Gasteiger partial charge in [-0.25, -0.2) is 4.98 Å². The van der Waals surface area contributed by atoms with Gasteiger partial charge in [0.05, 0.1) is 17.6 Å². The second-order valence-electron chi connectivity index (χ2n) is 4.66. The molecule has 0 unspecified atom stereocenters. The van der Waals surface area contributed by atoms with Gasteiger partial charge in [0.2, 0.25) is 5.95 Å². The molecule has 2 aromatic rings. The fourth-order valence-corrected chi connectivity index (χ4v) is 1.91. The number of pyridine rings is 1. The van der Waals surface area contributed by atoms with Crippen LogP contribution in [0.3, 0.4) is 0 Å². The van der Waals surface area contributed by atoms with E-state index < -0.39 is 0 Å². The molecule has 1 N–H and O–H groups in total. The van der Waals surface area contributed by atoms with Gasteiger partial charge in [-0.2, -0.15) is 0 Å². The first-order chi connectivity index (χ1) is 8.22. The highest BCUT2D eigenvalue weighted by molar-refractivity contribution is 5.52. The van der Waals surface area contributed by atoms with Crippen LogP contribution in [-0.4, -0.2) is 14.5 Å². The summed E-state index contributed by atoms with van der Waals surface area (Å²) in [5.74, 6) is 0.927. The average Bonchev–Trinajstić information content (AvgIpc) is 3.07. The van der Waals surface area contributed by atoms with Crippen molar-refractivity contribution in [2.75, 3.05) is 5.32 Å². The lowest BCUT2D eigenvalue weighted by Gasteiger charge is -2.08. The summed E-state index contributed by atoms with van der Waals surface area (Å²) in [6, 6.07) is 4.67. The van der Waals surface area contributed by atoms with Crippen LogP contribution in [0.1, 0.15) is 30.3 Å². The summed E-state index contributed by atoms with van der Waals surface area (Å²) in [4.78, 5) is 8.79. The highest BCUT2D eigenvalue weighted by Crippen LogP contribution is 2.37. The second-order valence-corrected chi connectivity index (χ2v) is 4.66. The van der Waals surface area contributed by atoms with E-state index in [4.69, 9.17) is 0 Å². The minimum absolute atomic E-state index is 0.636. The van der Waals surface area contributed by atoms with Crippen molar-refractivity contribution in [2.45, 2.75) is 32.7 Å². The molecule has 4 nitrogen and oxygen atoms in total. The van der Waals surface area contributed by atoms with Crippen LogP contribution >= 0.6 is 0 Å². The van der Waals surface area contributed by atoms with E-state index in [1.165, 1.54) is 12.8 Å². The molecule has 88 valence electrons. The topological polar surface area (TPSA) is 42.7 Å². The molecule has 0 saturated heterocycles. The van der Waals surface area contributed by atoms with E-state index in [-0.39, 0.29) is 0 Å². The third kappa shape index (κ3) is 2.16. The Morgan fingerprint density at radius 1 is 1.24 bits per heavy atom. The molecule has 1 saturated carbocycles. The van der Waals surface area contributed by atoms with Gasteiger partial charge in [-0.1, -0.05) is 0 Å². The maximum absolute atomic E-state index is 4.51. The largest absolute Gasteiger partial charge is 0.324 e. The summed E-state index contributed by atoms with van der Waals surface area (Å²) < 4.78 is 2.23. The maximum Gasteiger partial charge on any atom is 0.207 e. The molecular weight excluding hydrogens is 212 g/mol. The minimum Gasteiger partial charge on any atom is -0.324 e. The molecule has 4 heteroatoms. The second kappa shape index (κ2) is 3.87. The van der Waals surface area contributed by atoms with Crippen LogP contribution in [0.5, 0.6) is 0 Å². The molecule has 2 heterocycles. The zero-order valence-corrected chi connectivity index (χ0v) is 10.1. The first-order valence-electron chi connectivity index (χ1n) is 5.97. The minimum atomic E-state index is 0.636. The number of hydrogen-bond acceptors (Lipinski definition) is 3. The number of aromatic nitrogens is 3. The molecule has 0 aliphatic heterocycles. The Labute approximate surface area is 101 Å². The predicted octanol–water partition coefficient (Wildman–Crippen LogP) is 2.97. The predicted molar refractivity (Wildman–Crippen MR) is 67.5 cm³/mol. The Morgan fingerprint density at radius 2 is 2.06 bits per heavy atom. The van der Waals surface area contributed by atoms with Gasteiger partial charge in [0.25, 0.3) is 0 Å². The van der Waals surface area contributed by atoms with Gasteiger partial charge in [-0.15, -0.1) is 0 Å². The number of imidazole rings is 1. The van der Waals surface area contributed by atoms with Crippen LogP contribution < -0.4 is 5.32 Å². The SMILES string of the molecule is Cc1ccc(Nc2nc(C)cn2C2CC2)cn1. The molecule has 0 spiro atoms. The van der Waals surface area contributed by atoms with Crippen molar-refractivity contribution in [2.24, 2.45) is 0 Å². The Balaban J connectivity index is 1.86. The Kier molecular flexibility index (Phi) is 2.35. The zero-order valence-electron chi connectivity index (χ0n) is 10.1. The van der Waals surface area contributed by atoms with Crippen LogP contribution in [0.25, 0.3) is 0 Å². The maximum atomic E-state index is 4.51. The molecule has 3 rings (SSSR count). The van der Waals surface area contributed by atoms with Gasteiger partial charge in [-0.3, -0.25) is 4.98 Å². The van der Waals surface area contributed by atoms with E-state index in [9.17, 15) is 0 Å². The molecular formula is C13H16N4. The third-order valence-electron chi connectivity index (χ3n) is 2.96. The van der Waals surface area contributed by atoms with Gasteiger partial charge < -0.3 is 9.88 Å². The summed E-state index contributed by atoms with van der Waals surface area (Å²) in [5.41, 5.74) is 3.07. The van der Waals surface area contributed by atoms with Crippen LogP contribution in [0.4, 0.5) is 11.6 Å². The van der Waals surface area contributed by atoms with Crippen molar-refractivity contribution in [3.63, 3.8) is 0 Å². The summed E-state index contributed by atoms with van der Waals surface area (Å²) in [6.45, 7) is 4.01. The molecule has 0 bridgehead atoms. The van der Waals surface area contributed by atoms with Crippen LogP contribution in [0, 0.1) is 13.8 Å². The highest BCUT2D eigenvalue weighted by atomic mass is 15.2. The van der Waals surface area contributed by atoms with Crippen molar-refractivity contribution in [1.82, 2.24) is 14.5 Å². The van der Waals surface area contributed by atoms with Crippen LogP contribution in [0.15, 0.2) is 24.5 Å². The average molecular weight is 228 g/mol. The van der Waals surface area contributed by atoms with Gasteiger partial charge in [0.1, 0.15) is 0 Å². The smallest absolute Gasteiger partial charge is 0.207 e. The van der Waals surface area contributed by atoms with Gasteiger partial charge in [0, 0.05) is 17.9 Å². The fourth-order valence-electron chi connectivity index (χ4n) is 1.91. The van der Waals surface area contributed by atoms with E-state index in [1.54, 1.807) is 0 Å². The van der Waals surface area contributed by atoms with E-state index in [1.807, 2.05) is 32.2 Å². The molecule has 0 atom stereocenters. The number of nitrogens with one attached hydrogen (secondary N) is 1. The number of aryl methyl sites for hydroxylation is 2. The first-order valence-corrected chi connectivity index (χ1v) is 5.97. The van der Waals surface area contributed by atoms with Crippen molar-refractivity contribution >= 4 is 11.6 Å². The quantitative estimate of drug-likeness (QED) is 0.878. The number of hydrogen-bond donors (Lipinski definition) is 1. The molecule has 0 amide bonds. The highest BCUT2D eigenvalue weighted by Gasteiger charge is 2.26. The fraction of sp³-hybridized carbons (Fsp3) is 0.385. The molecule has 1 aliphatic carbocycles. The van der Waals surface area contributed by atoms with Crippen LogP contribution in [-0.2, 0) is 0 Å². The monoisotopic (exact) mass is 228 g/mol. The Bertz CT molecular complexity index is 523. The lowest BCUT2D eigenvalue weighted by atomic mass is 10.3. The van der Waals surface area contributed by atoms with Gasteiger partial charge in [-0.05, 0) is 38.8 Å². The zero-order chi connectivity index (χ0) is 11.8. The Morgan fingerprint density at radius 3 is 2.71 bits per heavy atom. The molecule has 1 aliphatic rings. The van der Waals surface area contributed by atoms with E-state index in [0.29, 0.717) is 6.04 Å². The summed E-state index contributed by atoms with van der Waals surface area (Å²) in [6.07, 6.45) is 6.48. The molecule has 0 radical (unpaired) electrons.